The summed E-state index contributed by atoms with van der Waals surface area (Å²) < 4.78 is 6.89. The summed E-state index contributed by atoms with van der Waals surface area (Å²) in [6.07, 6.45) is 1.03. The highest BCUT2D eigenvalue weighted by Crippen LogP contribution is 2.42. The third-order valence-corrected chi connectivity index (χ3v) is 6.46. The van der Waals surface area contributed by atoms with Gasteiger partial charge in [-0.15, -0.1) is 11.8 Å². The van der Waals surface area contributed by atoms with E-state index in [1.165, 1.54) is 22.7 Å². The number of aliphatic hydroxyl groups is 1. The van der Waals surface area contributed by atoms with Crippen LogP contribution in [0.15, 0.2) is 71.8 Å². The predicted octanol–water partition coefficient (Wildman–Crippen LogP) is 2.11. The first-order valence-corrected chi connectivity index (χ1v) is 10.8. The molecule has 0 unspecified atom stereocenters. The topological polar surface area (TPSA) is 123 Å². The molecule has 1 saturated heterocycles. The van der Waals surface area contributed by atoms with E-state index in [1.807, 2.05) is 0 Å². The van der Waals surface area contributed by atoms with Crippen molar-refractivity contribution in [3.63, 3.8) is 0 Å². The van der Waals surface area contributed by atoms with Gasteiger partial charge < -0.3 is 9.84 Å². The van der Waals surface area contributed by atoms with Gasteiger partial charge in [-0.1, -0.05) is 36.4 Å². The fraction of sp³-hybridized carbons (Fsp3) is 0.227. The molecule has 0 saturated carbocycles. The summed E-state index contributed by atoms with van der Waals surface area (Å²) in [5.74, 6) is -1.02. The van der Waals surface area contributed by atoms with Gasteiger partial charge >= 0.3 is 11.7 Å². The van der Waals surface area contributed by atoms with Gasteiger partial charge in [-0.25, -0.2) is 14.6 Å². The van der Waals surface area contributed by atoms with E-state index < -0.39 is 34.3 Å². The fourth-order valence-corrected chi connectivity index (χ4v) is 4.71. The number of nitrogens with zero attached hydrogens (tertiary/aromatic N) is 3. The first-order chi connectivity index (χ1) is 15.5. The lowest BCUT2D eigenvalue weighted by molar-refractivity contribution is 0.0254. The summed E-state index contributed by atoms with van der Waals surface area (Å²) in [5, 5.41) is 11.4. The molecule has 0 aliphatic carbocycles. The van der Waals surface area contributed by atoms with Crippen molar-refractivity contribution in [2.75, 3.05) is 11.9 Å². The van der Waals surface area contributed by atoms with E-state index in [0.29, 0.717) is 17.5 Å². The smallest absolute Gasteiger partial charge is 0.353 e. The average molecular weight is 452 g/mol. The highest BCUT2D eigenvalue weighted by atomic mass is 32.2. The number of aromatic nitrogens is 3. The van der Waals surface area contributed by atoms with Crippen LogP contribution in [0.4, 0.5) is 5.95 Å². The van der Waals surface area contributed by atoms with Crippen molar-refractivity contribution >= 4 is 29.6 Å². The molecule has 1 aromatic heterocycles. The Morgan fingerprint density at radius 1 is 1.09 bits per heavy atom. The van der Waals surface area contributed by atoms with Crippen LogP contribution in [0.3, 0.4) is 0 Å². The first-order valence-electron chi connectivity index (χ1n) is 9.89. The molecule has 10 heteroatoms. The highest BCUT2D eigenvalue weighted by molar-refractivity contribution is 8.00. The zero-order valence-corrected chi connectivity index (χ0v) is 17.6. The van der Waals surface area contributed by atoms with Gasteiger partial charge in [0.25, 0.3) is 5.91 Å². The number of carbonyl (C=O) groups excluding carboxylic acids is 2. The normalized spacial score (nSPS) is 20.0. The highest BCUT2D eigenvalue weighted by Gasteiger charge is 2.39. The molecule has 32 heavy (non-hydrogen) atoms. The molecule has 4 rings (SSSR count). The summed E-state index contributed by atoms with van der Waals surface area (Å²) in [6, 6.07) is 17.1. The fourth-order valence-electron chi connectivity index (χ4n) is 3.30. The zero-order chi connectivity index (χ0) is 22.5. The number of esters is 1. The van der Waals surface area contributed by atoms with Crippen LogP contribution >= 0.6 is 11.8 Å². The van der Waals surface area contributed by atoms with Crippen molar-refractivity contribution in [2.24, 2.45) is 0 Å². The van der Waals surface area contributed by atoms with Gasteiger partial charge in [0, 0.05) is 12.0 Å². The van der Waals surface area contributed by atoms with Crippen LogP contribution in [0.5, 0.6) is 0 Å². The summed E-state index contributed by atoms with van der Waals surface area (Å²) >= 11 is 1.31. The number of ether oxygens (including phenoxy) is 1. The Balaban J connectivity index is 1.45. The molecule has 3 atom stereocenters. The van der Waals surface area contributed by atoms with Crippen LogP contribution in [-0.2, 0) is 4.74 Å². The minimum absolute atomic E-state index is 0.103. The van der Waals surface area contributed by atoms with E-state index in [1.54, 1.807) is 60.7 Å². The molecule has 2 heterocycles. The Morgan fingerprint density at radius 2 is 1.75 bits per heavy atom. The Kier molecular flexibility index (Phi) is 6.62. The third kappa shape index (κ3) is 4.87. The Hall–Kier alpha value is -3.50. The van der Waals surface area contributed by atoms with Crippen molar-refractivity contribution in [3.05, 3.63) is 88.6 Å². The van der Waals surface area contributed by atoms with Gasteiger partial charge in [-0.3, -0.25) is 14.7 Å². The van der Waals surface area contributed by atoms with Crippen LogP contribution < -0.4 is 11.0 Å². The van der Waals surface area contributed by atoms with Crippen LogP contribution in [0, 0.1) is 0 Å². The van der Waals surface area contributed by atoms with Crippen molar-refractivity contribution in [1.29, 1.82) is 0 Å². The Morgan fingerprint density at radius 3 is 2.38 bits per heavy atom. The number of hydrogen-bond donors (Lipinski definition) is 2. The van der Waals surface area contributed by atoms with Crippen LogP contribution in [0.2, 0.25) is 0 Å². The number of benzene rings is 2. The second-order valence-electron chi connectivity index (χ2n) is 7.05. The van der Waals surface area contributed by atoms with Gasteiger partial charge in [0.1, 0.15) is 12.4 Å². The summed E-state index contributed by atoms with van der Waals surface area (Å²) in [7, 11) is 0. The standard InChI is InChI=1S/C22H20N4O5S/c27-12-17-16(31-20(29)15-9-5-2-6-10-15)11-18(32-17)26-13-23-21(25-22(26)30)24-19(28)14-7-3-1-4-8-14/h1-10,13,16-18,27H,11-12H2,(H,24,25,28,30)/t16-,17-,18-/m1/s1. The third-order valence-electron chi connectivity index (χ3n) is 4.93. The number of hydrogen-bond acceptors (Lipinski definition) is 8. The van der Waals surface area contributed by atoms with Crippen LogP contribution in [0.1, 0.15) is 32.5 Å². The second-order valence-corrected chi connectivity index (χ2v) is 8.47. The second kappa shape index (κ2) is 9.75. The molecule has 2 N–H and O–H groups in total. The lowest BCUT2D eigenvalue weighted by Gasteiger charge is -2.16. The van der Waals surface area contributed by atoms with E-state index in [0.717, 1.165) is 0 Å². The number of carbonyl (C=O) groups is 2. The van der Waals surface area contributed by atoms with Crippen molar-refractivity contribution < 1.29 is 19.4 Å². The maximum Gasteiger partial charge on any atom is 0.353 e. The minimum Gasteiger partial charge on any atom is -0.457 e. The van der Waals surface area contributed by atoms with E-state index in [4.69, 9.17) is 4.74 Å². The molecule has 2 aromatic carbocycles. The van der Waals surface area contributed by atoms with Gasteiger partial charge in [-0.2, -0.15) is 4.98 Å². The molecule has 0 radical (unpaired) electrons. The lowest BCUT2D eigenvalue weighted by Crippen LogP contribution is -2.29. The summed E-state index contributed by atoms with van der Waals surface area (Å²) in [6.45, 7) is -0.214. The number of anilines is 1. The molecule has 1 aliphatic rings. The summed E-state index contributed by atoms with van der Waals surface area (Å²) in [5.41, 5.74) is 0.227. The van der Waals surface area contributed by atoms with Crippen LogP contribution in [0.25, 0.3) is 0 Å². The SMILES string of the molecule is O=C(Nc1ncn([C@H]2C[C@@H](OC(=O)c3ccccc3)[C@@H](CO)S2)c(=O)n1)c1ccccc1. The lowest BCUT2D eigenvalue weighted by atomic mass is 10.1. The monoisotopic (exact) mass is 452 g/mol. The maximum atomic E-state index is 12.6. The molecule has 1 amide bonds. The Bertz CT molecular complexity index is 1160. The van der Waals surface area contributed by atoms with Gasteiger partial charge in [-0.05, 0) is 24.3 Å². The molecular weight excluding hydrogens is 432 g/mol. The first kappa shape index (κ1) is 21.7. The van der Waals surface area contributed by atoms with Gasteiger partial charge in [0.15, 0.2) is 0 Å². The molecule has 0 bridgehead atoms. The number of nitrogens with one attached hydrogen (secondary N) is 1. The van der Waals surface area contributed by atoms with Gasteiger partial charge in [0.05, 0.1) is 22.8 Å². The quantitative estimate of drug-likeness (QED) is 0.545. The molecular formula is C22H20N4O5S. The number of thioether (sulfide) groups is 1. The minimum atomic E-state index is -0.604. The number of amides is 1. The Labute approximate surface area is 187 Å². The van der Waals surface area contributed by atoms with Crippen molar-refractivity contribution in [2.45, 2.75) is 23.1 Å². The van der Waals surface area contributed by atoms with Crippen molar-refractivity contribution in [1.82, 2.24) is 14.5 Å². The number of rotatable bonds is 6. The van der Waals surface area contributed by atoms with E-state index in [9.17, 15) is 19.5 Å². The van der Waals surface area contributed by atoms with Crippen molar-refractivity contribution in [3.8, 4) is 0 Å². The van der Waals surface area contributed by atoms with Crippen LogP contribution in [-0.4, -0.2) is 49.5 Å². The average Bonchev–Trinajstić information content (AvgIpc) is 3.22. The van der Waals surface area contributed by atoms with Gasteiger partial charge in [0.2, 0.25) is 5.95 Å². The molecule has 9 nitrogen and oxygen atoms in total. The molecule has 0 spiro atoms. The molecule has 1 fully saturated rings. The molecule has 164 valence electrons. The number of aliphatic hydroxyl groups excluding tert-OH is 1. The molecule has 1 aliphatic heterocycles. The maximum absolute atomic E-state index is 12.6. The molecule has 3 aromatic rings. The predicted molar refractivity (Wildman–Crippen MR) is 118 cm³/mol. The van der Waals surface area contributed by atoms with E-state index >= 15 is 0 Å². The van der Waals surface area contributed by atoms with E-state index in [2.05, 4.69) is 15.3 Å². The summed E-state index contributed by atoms with van der Waals surface area (Å²) in [4.78, 5) is 45.1. The zero-order valence-electron chi connectivity index (χ0n) is 16.8. The van der Waals surface area contributed by atoms with E-state index in [-0.39, 0.29) is 12.6 Å². The largest absolute Gasteiger partial charge is 0.457 e.